The Morgan fingerprint density at radius 3 is 2.08 bits per heavy atom. The fraction of sp³-hybridized carbons (Fsp3) is 0.462. The van der Waals surface area contributed by atoms with Gasteiger partial charge in [-0.25, -0.2) is 8.42 Å². The fourth-order valence-corrected chi connectivity index (χ4v) is 4.41. The van der Waals surface area contributed by atoms with Crippen LogP contribution in [0.25, 0.3) is 0 Å². The third-order valence-corrected chi connectivity index (χ3v) is 7.16. The summed E-state index contributed by atoms with van der Waals surface area (Å²) in [6.07, 6.45) is 1.75. The highest BCUT2D eigenvalue weighted by molar-refractivity contribution is 7.92. The molecule has 0 radical (unpaired) electrons. The van der Waals surface area contributed by atoms with Crippen LogP contribution in [0.3, 0.4) is 0 Å². The van der Waals surface area contributed by atoms with Crippen LogP contribution < -0.4 is 23.8 Å². The van der Waals surface area contributed by atoms with Crippen molar-refractivity contribution in [2.24, 2.45) is 0 Å². The second-order valence-electron chi connectivity index (χ2n) is 8.67. The van der Waals surface area contributed by atoms with Gasteiger partial charge in [-0.3, -0.25) is 13.9 Å². The van der Waals surface area contributed by atoms with Crippen molar-refractivity contribution in [3.63, 3.8) is 0 Å². The van der Waals surface area contributed by atoms with Crippen molar-refractivity contribution >= 4 is 27.5 Å². The molecule has 204 valence electrons. The monoisotopic (exact) mass is 535 g/mol. The summed E-state index contributed by atoms with van der Waals surface area (Å²) in [5.74, 6) is 0.525. The number of rotatable bonds is 13. The molecule has 0 saturated heterocycles. The number of nitrogens with one attached hydrogen (secondary N) is 1. The van der Waals surface area contributed by atoms with Crippen molar-refractivity contribution < 1.29 is 32.2 Å². The van der Waals surface area contributed by atoms with E-state index in [2.05, 4.69) is 5.32 Å². The Bertz CT molecular complexity index is 1170. The zero-order chi connectivity index (χ0) is 27.8. The Hall–Kier alpha value is -3.47. The molecule has 0 aliphatic rings. The van der Waals surface area contributed by atoms with Gasteiger partial charge in [0.15, 0.2) is 11.5 Å². The van der Waals surface area contributed by atoms with Gasteiger partial charge in [-0.1, -0.05) is 19.1 Å². The average Bonchev–Trinajstić information content (AvgIpc) is 2.88. The van der Waals surface area contributed by atoms with E-state index < -0.39 is 28.5 Å². The molecule has 37 heavy (non-hydrogen) atoms. The second kappa shape index (κ2) is 13.2. The minimum absolute atomic E-state index is 0.0767. The van der Waals surface area contributed by atoms with Crippen LogP contribution in [0.5, 0.6) is 17.2 Å². The summed E-state index contributed by atoms with van der Waals surface area (Å²) in [5, 5.41) is 2.90. The molecule has 0 fully saturated rings. The normalized spacial score (nSPS) is 12.7. The topological polar surface area (TPSA) is 114 Å². The third kappa shape index (κ3) is 8.01. The fourth-order valence-electron chi connectivity index (χ4n) is 3.57. The van der Waals surface area contributed by atoms with Gasteiger partial charge in [0.05, 0.1) is 33.3 Å². The highest BCUT2D eigenvalue weighted by atomic mass is 32.2. The third-order valence-electron chi connectivity index (χ3n) is 6.01. The molecule has 0 unspecified atom stereocenters. The predicted octanol–water partition coefficient (Wildman–Crippen LogP) is 2.81. The number of hydrogen-bond donors (Lipinski definition) is 1. The number of carbonyl (C=O) groups excluding carboxylic acids is 2. The molecule has 11 heteroatoms. The summed E-state index contributed by atoms with van der Waals surface area (Å²) in [4.78, 5) is 28.0. The molecule has 2 atom stereocenters. The van der Waals surface area contributed by atoms with E-state index in [1.54, 1.807) is 44.4 Å². The quantitative estimate of drug-likeness (QED) is 0.419. The van der Waals surface area contributed by atoms with Gasteiger partial charge in [0.2, 0.25) is 21.8 Å². The number of benzene rings is 2. The van der Waals surface area contributed by atoms with Gasteiger partial charge in [-0.05, 0) is 50.1 Å². The van der Waals surface area contributed by atoms with Gasteiger partial charge in [0.1, 0.15) is 18.3 Å². The van der Waals surface area contributed by atoms with Crippen molar-refractivity contribution in [1.82, 2.24) is 10.2 Å². The van der Waals surface area contributed by atoms with Gasteiger partial charge >= 0.3 is 0 Å². The van der Waals surface area contributed by atoms with Gasteiger partial charge in [-0.15, -0.1) is 0 Å². The summed E-state index contributed by atoms with van der Waals surface area (Å²) < 4.78 is 42.2. The Morgan fingerprint density at radius 1 is 0.946 bits per heavy atom. The molecule has 1 N–H and O–H groups in total. The second-order valence-corrected chi connectivity index (χ2v) is 10.6. The van der Waals surface area contributed by atoms with Crippen LogP contribution in [0.2, 0.25) is 0 Å². The summed E-state index contributed by atoms with van der Waals surface area (Å²) >= 11 is 0. The van der Waals surface area contributed by atoms with Crippen LogP contribution in [0.4, 0.5) is 5.69 Å². The first kappa shape index (κ1) is 29.8. The number of anilines is 1. The van der Waals surface area contributed by atoms with Crippen molar-refractivity contribution in [1.29, 1.82) is 0 Å². The van der Waals surface area contributed by atoms with Gasteiger partial charge in [0, 0.05) is 18.7 Å². The average molecular weight is 536 g/mol. The van der Waals surface area contributed by atoms with Crippen molar-refractivity contribution in [3.8, 4) is 17.2 Å². The Kier molecular flexibility index (Phi) is 10.6. The molecular formula is C26H37N3O7S. The minimum Gasteiger partial charge on any atom is -0.497 e. The van der Waals surface area contributed by atoms with E-state index >= 15 is 0 Å². The zero-order valence-electron chi connectivity index (χ0n) is 22.5. The van der Waals surface area contributed by atoms with Crippen LogP contribution in [0.15, 0.2) is 42.5 Å². The molecule has 0 aliphatic heterocycles. The SMILES string of the molecule is CC[C@H](C)NC(=O)[C@H](C)N(Cc1ccc(OC)cc1)C(=O)CN(c1ccc(OC)c(OC)c1)S(C)(=O)=O. The molecule has 0 aromatic heterocycles. The predicted molar refractivity (Wildman–Crippen MR) is 143 cm³/mol. The summed E-state index contributed by atoms with van der Waals surface area (Å²) in [5.41, 5.74) is 0.990. The molecule has 2 aromatic rings. The molecule has 0 spiro atoms. The largest absolute Gasteiger partial charge is 0.497 e. The Labute approximate surface area is 219 Å². The standard InChI is InChI=1S/C26H37N3O7S/c1-8-18(2)27-26(31)19(3)28(16-20-9-12-22(34-4)13-10-20)25(30)17-29(37(7,32)33)21-11-14-23(35-5)24(15-21)36-6/h9-15,18-19H,8,16-17H2,1-7H3,(H,27,31)/t18-,19-/m0/s1. The van der Waals surface area contributed by atoms with Crippen molar-refractivity contribution in [3.05, 3.63) is 48.0 Å². The zero-order valence-corrected chi connectivity index (χ0v) is 23.3. The molecule has 2 amide bonds. The number of ether oxygens (including phenoxy) is 3. The maximum Gasteiger partial charge on any atom is 0.244 e. The summed E-state index contributed by atoms with van der Waals surface area (Å²) in [7, 11) is 0.593. The molecule has 0 aliphatic carbocycles. The van der Waals surface area contributed by atoms with Gasteiger partial charge in [0.25, 0.3) is 0 Å². The molecule has 2 aromatic carbocycles. The van der Waals surface area contributed by atoms with Crippen molar-refractivity contribution in [2.75, 3.05) is 38.4 Å². The first-order chi connectivity index (χ1) is 17.4. The lowest BCUT2D eigenvalue weighted by Gasteiger charge is -2.32. The van der Waals surface area contributed by atoms with Crippen LogP contribution in [-0.2, 0) is 26.2 Å². The Balaban J connectivity index is 2.43. The molecule has 0 saturated carbocycles. The number of methoxy groups -OCH3 is 3. The first-order valence-electron chi connectivity index (χ1n) is 11.9. The van der Waals surface area contributed by atoms with Crippen LogP contribution in [0, 0.1) is 0 Å². The van der Waals surface area contributed by atoms with Crippen LogP contribution in [0.1, 0.15) is 32.8 Å². The molecule has 0 heterocycles. The number of nitrogens with zero attached hydrogens (tertiary/aromatic N) is 2. The lowest BCUT2D eigenvalue weighted by atomic mass is 10.1. The molecule has 0 bridgehead atoms. The van der Waals surface area contributed by atoms with E-state index in [1.807, 2.05) is 13.8 Å². The Morgan fingerprint density at radius 2 is 1.57 bits per heavy atom. The van der Waals surface area contributed by atoms with Gasteiger partial charge in [-0.2, -0.15) is 0 Å². The summed E-state index contributed by atoms with van der Waals surface area (Å²) in [6.45, 7) is 5.04. The first-order valence-corrected chi connectivity index (χ1v) is 13.7. The maximum absolute atomic E-state index is 13.6. The minimum atomic E-state index is -3.87. The van der Waals surface area contributed by atoms with Crippen LogP contribution in [-0.4, -0.2) is 71.3 Å². The lowest BCUT2D eigenvalue weighted by Crippen LogP contribution is -2.52. The molecule has 2 rings (SSSR count). The van der Waals surface area contributed by atoms with Crippen LogP contribution >= 0.6 is 0 Å². The lowest BCUT2D eigenvalue weighted by molar-refractivity contribution is -0.139. The smallest absolute Gasteiger partial charge is 0.244 e. The molecule has 10 nitrogen and oxygen atoms in total. The number of amides is 2. The van der Waals surface area contributed by atoms with Crippen molar-refractivity contribution in [2.45, 2.75) is 45.8 Å². The van der Waals surface area contributed by atoms with E-state index in [1.165, 1.54) is 31.3 Å². The van der Waals surface area contributed by atoms with E-state index in [-0.39, 0.29) is 24.2 Å². The number of sulfonamides is 1. The highest BCUT2D eigenvalue weighted by Crippen LogP contribution is 2.32. The van der Waals surface area contributed by atoms with E-state index in [0.717, 1.165) is 22.5 Å². The number of hydrogen-bond acceptors (Lipinski definition) is 7. The van der Waals surface area contributed by atoms with E-state index in [0.29, 0.717) is 17.2 Å². The van der Waals surface area contributed by atoms with E-state index in [4.69, 9.17) is 14.2 Å². The molecular weight excluding hydrogens is 498 g/mol. The maximum atomic E-state index is 13.6. The van der Waals surface area contributed by atoms with Gasteiger partial charge < -0.3 is 24.4 Å². The number of carbonyl (C=O) groups is 2. The summed E-state index contributed by atoms with van der Waals surface area (Å²) in [6, 6.07) is 10.8. The highest BCUT2D eigenvalue weighted by Gasteiger charge is 2.30. The van der Waals surface area contributed by atoms with E-state index in [9.17, 15) is 18.0 Å².